The zero-order chi connectivity index (χ0) is 23.1. The highest BCUT2D eigenvalue weighted by atomic mass is 15.0. The zero-order valence-corrected chi connectivity index (χ0v) is 18.8. The largest absolute Gasteiger partial charge is 0.342 e. The lowest BCUT2D eigenvalue weighted by Gasteiger charge is -2.07. The Balaban J connectivity index is 1.43. The highest BCUT2D eigenvalue weighted by molar-refractivity contribution is 5.98. The standard InChI is InChI=1S/C30H22N4/c1-20-10-13-27-28(14-20)33-30(32-27)24(17-31)16-25-19-34(29-9-5-4-8-26(25)29)18-21-11-12-22-6-2-3-7-23(22)15-21/h2-16,19H,18H2,1H3,(H,32,33). The number of fused-ring (bicyclic) bond motifs is 3. The van der Waals surface area contributed by atoms with Crippen molar-refractivity contribution in [2.75, 3.05) is 0 Å². The number of aromatic nitrogens is 3. The van der Waals surface area contributed by atoms with Crippen molar-refractivity contribution in [3.8, 4) is 6.07 Å². The van der Waals surface area contributed by atoms with Crippen molar-refractivity contribution in [2.45, 2.75) is 13.5 Å². The fourth-order valence-corrected chi connectivity index (χ4v) is 4.61. The molecule has 4 aromatic carbocycles. The molecule has 2 aromatic heterocycles. The Morgan fingerprint density at radius 1 is 0.971 bits per heavy atom. The summed E-state index contributed by atoms with van der Waals surface area (Å²) in [5, 5.41) is 13.5. The monoisotopic (exact) mass is 438 g/mol. The van der Waals surface area contributed by atoms with E-state index in [0.717, 1.165) is 39.6 Å². The fourth-order valence-electron chi connectivity index (χ4n) is 4.61. The average molecular weight is 439 g/mol. The summed E-state index contributed by atoms with van der Waals surface area (Å²) in [7, 11) is 0. The van der Waals surface area contributed by atoms with Gasteiger partial charge in [0.05, 0.1) is 16.6 Å². The summed E-state index contributed by atoms with van der Waals surface area (Å²) < 4.78 is 2.25. The number of para-hydroxylation sites is 1. The second-order valence-electron chi connectivity index (χ2n) is 8.69. The first-order valence-corrected chi connectivity index (χ1v) is 11.3. The Morgan fingerprint density at radius 3 is 2.68 bits per heavy atom. The van der Waals surface area contributed by atoms with Crippen molar-refractivity contribution < 1.29 is 0 Å². The Kier molecular flexibility index (Phi) is 4.75. The van der Waals surface area contributed by atoms with Crippen LogP contribution in [0, 0.1) is 18.3 Å². The predicted molar refractivity (Wildman–Crippen MR) is 139 cm³/mol. The molecule has 0 bridgehead atoms. The number of nitriles is 1. The molecule has 1 N–H and O–H groups in total. The lowest BCUT2D eigenvalue weighted by Crippen LogP contribution is -1.97. The number of hydrogen-bond acceptors (Lipinski definition) is 2. The minimum absolute atomic E-state index is 0.516. The fraction of sp³-hybridized carbons (Fsp3) is 0.0667. The first-order valence-electron chi connectivity index (χ1n) is 11.3. The molecule has 0 atom stereocenters. The first-order chi connectivity index (χ1) is 16.7. The van der Waals surface area contributed by atoms with Gasteiger partial charge in [-0.1, -0.05) is 60.7 Å². The van der Waals surface area contributed by atoms with Crippen LogP contribution in [0.1, 0.15) is 22.5 Å². The molecule has 0 unspecified atom stereocenters. The Labute approximate surface area is 197 Å². The maximum absolute atomic E-state index is 9.95. The van der Waals surface area contributed by atoms with E-state index in [4.69, 9.17) is 0 Å². The number of benzene rings is 4. The van der Waals surface area contributed by atoms with Crippen LogP contribution in [-0.4, -0.2) is 14.5 Å². The van der Waals surface area contributed by atoms with Crippen molar-refractivity contribution in [3.05, 3.63) is 114 Å². The third-order valence-electron chi connectivity index (χ3n) is 6.30. The van der Waals surface area contributed by atoms with Gasteiger partial charge in [0, 0.05) is 29.2 Å². The molecule has 4 heteroatoms. The van der Waals surface area contributed by atoms with E-state index in [0.29, 0.717) is 11.4 Å². The molecule has 0 spiro atoms. The van der Waals surface area contributed by atoms with Crippen LogP contribution in [0.3, 0.4) is 0 Å². The number of aryl methyl sites for hydroxylation is 1. The lowest BCUT2D eigenvalue weighted by molar-refractivity contribution is 0.837. The van der Waals surface area contributed by atoms with Crippen molar-refractivity contribution in [1.29, 1.82) is 5.26 Å². The first kappa shape index (κ1) is 20.0. The van der Waals surface area contributed by atoms with Crippen molar-refractivity contribution in [3.63, 3.8) is 0 Å². The molecule has 0 aliphatic rings. The van der Waals surface area contributed by atoms with Gasteiger partial charge in [-0.2, -0.15) is 5.26 Å². The summed E-state index contributed by atoms with van der Waals surface area (Å²) >= 11 is 0. The highest BCUT2D eigenvalue weighted by Crippen LogP contribution is 2.27. The normalized spacial score (nSPS) is 11.9. The minimum atomic E-state index is 0.516. The topological polar surface area (TPSA) is 57.4 Å². The van der Waals surface area contributed by atoms with Gasteiger partial charge in [-0.25, -0.2) is 4.98 Å². The molecule has 0 radical (unpaired) electrons. The molecule has 0 fully saturated rings. The number of imidazole rings is 1. The van der Waals surface area contributed by atoms with E-state index in [9.17, 15) is 5.26 Å². The van der Waals surface area contributed by atoms with Crippen LogP contribution in [0.4, 0.5) is 0 Å². The van der Waals surface area contributed by atoms with E-state index in [1.165, 1.54) is 16.3 Å². The van der Waals surface area contributed by atoms with Crippen LogP contribution >= 0.6 is 0 Å². The van der Waals surface area contributed by atoms with Gasteiger partial charge in [0.25, 0.3) is 0 Å². The van der Waals surface area contributed by atoms with Gasteiger partial charge in [0.2, 0.25) is 0 Å². The molecular weight excluding hydrogens is 416 g/mol. The van der Waals surface area contributed by atoms with Crippen LogP contribution < -0.4 is 0 Å². The van der Waals surface area contributed by atoms with E-state index in [-0.39, 0.29) is 0 Å². The summed E-state index contributed by atoms with van der Waals surface area (Å²) in [6, 6.07) is 31.8. The van der Waals surface area contributed by atoms with E-state index in [1.807, 2.05) is 31.2 Å². The summed E-state index contributed by atoms with van der Waals surface area (Å²) in [6.07, 6.45) is 4.06. The van der Waals surface area contributed by atoms with E-state index in [1.54, 1.807) is 0 Å². The molecular formula is C30H22N4. The molecule has 34 heavy (non-hydrogen) atoms. The Bertz CT molecular complexity index is 1760. The molecule has 6 rings (SSSR count). The van der Waals surface area contributed by atoms with Crippen LogP contribution in [-0.2, 0) is 6.54 Å². The lowest BCUT2D eigenvalue weighted by atomic mass is 10.1. The Hall–Kier alpha value is -4.62. The predicted octanol–water partition coefficient (Wildman–Crippen LogP) is 7.09. The van der Waals surface area contributed by atoms with Gasteiger partial charge >= 0.3 is 0 Å². The van der Waals surface area contributed by atoms with E-state index >= 15 is 0 Å². The van der Waals surface area contributed by atoms with Gasteiger partial charge in [-0.15, -0.1) is 0 Å². The number of rotatable bonds is 4. The number of hydrogen-bond donors (Lipinski definition) is 1. The Morgan fingerprint density at radius 2 is 1.79 bits per heavy atom. The molecule has 4 nitrogen and oxygen atoms in total. The molecule has 0 aliphatic heterocycles. The second-order valence-corrected chi connectivity index (χ2v) is 8.69. The van der Waals surface area contributed by atoms with Gasteiger partial charge < -0.3 is 9.55 Å². The molecule has 0 saturated carbocycles. The van der Waals surface area contributed by atoms with Crippen molar-refractivity contribution >= 4 is 44.4 Å². The maximum atomic E-state index is 9.95. The quantitative estimate of drug-likeness (QED) is 0.299. The maximum Gasteiger partial charge on any atom is 0.149 e. The number of allylic oxidation sites excluding steroid dienone is 1. The molecule has 0 aliphatic carbocycles. The summed E-state index contributed by atoms with van der Waals surface area (Å²) in [5.74, 6) is 0.592. The number of nitrogens with one attached hydrogen (secondary N) is 1. The van der Waals surface area contributed by atoms with E-state index in [2.05, 4.69) is 93.5 Å². The summed E-state index contributed by atoms with van der Waals surface area (Å²) in [4.78, 5) is 7.96. The smallest absolute Gasteiger partial charge is 0.149 e. The van der Waals surface area contributed by atoms with Gasteiger partial charge in [0.1, 0.15) is 11.9 Å². The molecule has 2 heterocycles. The third kappa shape index (κ3) is 3.54. The molecule has 0 saturated heterocycles. The number of H-pyrrole nitrogens is 1. The number of nitrogens with zero attached hydrogens (tertiary/aromatic N) is 3. The SMILES string of the molecule is Cc1ccc2nc(C(C#N)=Cc3cn(Cc4ccc5ccccc5c4)c4ccccc34)[nH]c2c1. The van der Waals surface area contributed by atoms with Gasteiger partial charge in [-0.05, 0) is 59.2 Å². The number of aromatic amines is 1. The van der Waals surface area contributed by atoms with Crippen molar-refractivity contribution in [2.24, 2.45) is 0 Å². The molecule has 162 valence electrons. The zero-order valence-electron chi connectivity index (χ0n) is 18.8. The second kappa shape index (κ2) is 8.06. The van der Waals surface area contributed by atoms with E-state index < -0.39 is 0 Å². The summed E-state index contributed by atoms with van der Waals surface area (Å²) in [5.41, 5.74) is 6.85. The summed E-state index contributed by atoms with van der Waals surface area (Å²) in [6.45, 7) is 2.80. The minimum Gasteiger partial charge on any atom is -0.342 e. The average Bonchev–Trinajstić information content (AvgIpc) is 3.43. The van der Waals surface area contributed by atoms with Crippen LogP contribution in [0.25, 0.3) is 44.4 Å². The van der Waals surface area contributed by atoms with Crippen LogP contribution in [0.2, 0.25) is 0 Å². The highest BCUT2D eigenvalue weighted by Gasteiger charge is 2.12. The van der Waals surface area contributed by atoms with Crippen LogP contribution in [0.5, 0.6) is 0 Å². The van der Waals surface area contributed by atoms with Crippen LogP contribution in [0.15, 0.2) is 91.1 Å². The van der Waals surface area contributed by atoms with Crippen molar-refractivity contribution in [1.82, 2.24) is 14.5 Å². The third-order valence-corrected chi connectivity index (χ3v) is 6.30. The molecule has 0 amide bonds. The van der Waals surface area contributed by atoms with Gasteiger partial charge in [0.15, 0.2) is 0 Å². The molecule has 6 aromatic rings. The van der Waals surface area contributed by atoms with Gasteiger partial charge in [-0.3, -0.25) is 0 Å².